The SMILES string of the molecule is N=C1C(c2c3ccccc3c(-c3ccccc3)c3ccccc23)=CC(c2c3ccccc3c(-c3ccccc3)c3ccccc23)=CC1=NNc1ccc(-c2cccnc2)cc1. The van der Waals surface area contributed by atoms with Gasteiger partial charge in [0.25, 0.3) is 0 Å². The molecule has 9 aromatic carbocycles. The molecule has 0 atom stereocenters. The summed E-state index contributed by atoms with van der Waals surface area (Å²) in [5.41, 5.74) is 15.8. The number of hydrogen-bond donors (Lipinski definition) is 2. The van der Waals surface area contributed by atoms with Crippen LogP contribution in [0.5, 0.6) is 0 Å². The zero-order chi connectivity index (χ0) is 40.7. The molecule has 2 N–H and O–H groups in total. The Morgan fingerprint density at radius 2 is 0.803 bits per heavy atom. The molecule has 1 heterocycles. The fourth-order valence-corrected chi connectivity index (χ4v) is 9.14. The lowest BCUT2D eigenvalue weighted by Crippen LogP contribution is -2.19. The van der Waals surface area contributed by atoms with Gasteiger partial charge in [-0.1, -0.05) is 176 Å². The number of nitrogens with zero attached hydrogens (tertiary/aromatic N) is 2. The summed E-state index contributed by atoms with van der Waals surface area (Å²) in [6, 6.07) is 68.2. The first-order chi connectivity index (χ1) is 30.2. The monoisotopic (exact) mass is 778 g/mol. The molecule has 0 aliphatic heterocycles. The van der Waals surface area contributed by atoms with Gasteiger partial charge in [-0.3, -0.25) is 15.8 Å². The average Bonchev–Trinajstić information content (AvgIpc) is 3.33. The van der Waals surface area contributed by atoms with Gasteiger partial charge in [0.1, 0.15) is 5.71 Å². The molecule has 11 rings (SSSR count). The van der Waals surface area contributed by atoms with E-state index in [2.05, 4.69) is 198 Å². The van der Waals surface area contributed by atoms with Crippen molar-refractivity contribution in [1.82, 2.24) is 4.98 Å². The van der Waals surface area contributed by atoms with Crippen LogP contribution in [0.3, 0.4) is 0 Å². The predicted molar refractivity (Wildman–Crippen MR) is 258 cm³/mol. The Morgan fingerprint density at radius 3 is 1.26 bits per heavy atom. The van der Waals surface area contributed by atoms with Crippen LogP contribution in [0, 0.1) is 5.41 Å². The minimum Gasteiger partial charge on any atom is -0.298 e. The number of hydrazone groups is 1. The van der Waals surface area contributed by atoms with Crippen molar-refractivity contribution in [2.24, 2.45) is 5.10 Å². The van der Waals surface area contributed by atoms with Gasteiger partial charge in [0.2, 0.25) is 0 Å². The molecule has 1 aliphatic carbocycles. The molecular weight excluding hydrogens is 741 g/mol. The van der Waals surface area contributed by atoms with E-state index in [1.807, 2.05) is 24.4 Å². The van der Waals surface area contributed by atoms with E-state index in [1.165, 1.54) is 27.5 Å². The van der Waals surface area contributed by atoms with Crippen LogP contribution in [-0.2, 0) is 0 Å². The summed E-state index contributed by atoms with van der Waals surface area (Å²) in [5, 5.41) is 24.2. The normalized spacial score (nSPS) is 13.5. The van der Waals surface area contributed by atoms with Crippen molar-refractivity contribution in [3.63, 3.8) is 0 Å². The number of nitrogens with one attached hydrogen (secondary N) is 2. The van der Waals surface area contributed by atoms with Crippen LogP contribution < -0.4 is 5.43 Å². The Morgan fingerprint density at radius 1 is 0.377 bits per heavy atom. The summed E-state index contributed by atoms with van der Waals surface area (Å²) < 4.78 is 0. The van der Waals surface area contributed by atoms with E-state index in [0.717, 1.165) is 77.0 Å². The molecule has 1 aliphatic rings. The molecule has 4 nitrogen and oxygen atoms in total. The predicted octanol–water partition coefficient (Wildman–Crippen LogP) is 14.7. The van der Waals surface area contributed by atoms with Gasteiger partial charge in [0, 0.05) is 18.0 Å². The number of anilines is 1. The van der Waals surface area contributed by atoms with Gasteiger partial charge in [-0.05, 0) is 124 Å². The van der Waals surface area contributed by atoms with E-state index in [0.29, 0.717) is 11.4 Å². The van der Waals surface area contributed by atoms with Gasteiger partial charge in [-0.2, -0.15) is 5.10 Å². The fourth-order valence-electron chi connectivity index (χ4n) is 9.14. The molecule has 0 amide bonds. The fraction of sp³-hybridized carbons (Fsp3) is 0. The van der Waals surface area contributed by atoms with Crippen molar-refractivity contribution in [1.29, 1.82) is 5.41 Å². The van der Waals surface area contributed by atoms with Crippen molar-refractivity contribution in [2.45, 2.75) is 0 Å². The lowest BCUT2D eigenvalue weighted by Gasteiger charge is -2.24. The van der Waals surface area contributed by atoms with E-state index in [1.54, 1.807) is 6.20 Å². The molecule has 0 saturated carbocycles. The van der Waals surface area contributed by atoms with Crippen molar-refractivity contribution >= 4 is 71.3 Å². The third-order valence-electron chi connectivity index (χ3n) is 11.8. The standard InChI is InChI=1S/C57H38N4/c58-57-51(56-49-27-13-11-25-47(49)54(39-18-5-2-6-19-39)48-26-12-14-28-50(48)56)34-41(35-52(57)61-60-42-31-29-37(30-32-42)40-20-15-33-59-36-40)55-45-23-9-7-21-43(45)53(38-16-3-1-4-17-38)44-22-8-10-24-46(44)55/h1-36,58,60H. The summed E-state index contributed by atoms with van der Waals surface area (Å²) in [6.45, 7) is 0. The minimum atomic E-state index is 0.348. The first-order valence-corrected chi connectivity index (χ1v) is 20.6. The van der Waals surface area contributed by atoms with Crippen LogP contribution in [0.25, 0.3) is 87.6 Å². The number of allylic oxidation sites excluding steroid dienone is 4. The van der Waals surface area contributed by atoms with Gasteiger partial charge in [-0.15, -0.1) is 0 Å². The second-order valence-corrected chi connectivity index (χ2v) is 15.4. The molecule has 0 spiro atoms. The lowest BCUT2D eigenvalue weighted by atomic mass is 9.79. The second-order valence-electron chi connectivity index (χ2n) is 15.4. The van der Waals surface area contributed by atoms with Crippen molar-refractivity contribution < 1.29 is 0 Å². The summed E-state index contributed by atoms with van der Waals surface area (Å²) in [7, 11) is 0. The van der Waals surface area contributed by atoms with E-state index in [9.17, 15) is 5.41 Å². The van der Waals surface area contributed by atoms with Gasteiger partial charge in [0.05, 0.1) is 11.4 Å². The van der Waals surface area contributed by atoms with Crippen molar-refractivity contribution in [3.05, 3.63) is 230 Å². The highest BCUT2D eigenvalue weighted by molar-refractivity contribution is 6.63. The Bertz CT molecular complexity index is 3310. The highest BCUT2D eigenvalue weighted by Gasteiger charge is 2.27. The van der Waals surface area contributed by atoms with Crippen LogP contribution in [0.4, 0.5) is 5.69 Å². The number of pyridine rings is 1. The molecule has 286 valence electrons. The van der Waals surface area contributed by atoms with Crippen molar-refractivity contribution in [3.8, 4) is 33.4 Å². The second kappa shape index (κ2) is 15.2. The molecule has 1 aromatic heterocycles. The average molecular weight is 779 g/mol. The van der Waals surface area contributed by atoms with Crippen LogP contribution in [0.1, 0.15) is 11.1 Å². The number of rotatable bonds is 7. The van der Waals surface area contributed by atoms with E-state index < -0.39 is 0 Å². The molecule has 0 fully saturated rings. The van der Waals surface area contributed by atoms with Gasteiger partial charge in [0.15, 0.2) is 0 Å². The van der Waals surface area contributed by atoms with Crippen LogP contribution >= 0.6 is 0 Å². The molecule has 10 aromatic rings. The Hall–Kier alpha value is -8.21. The van der Waals surface area contributed by atoms with Crippen molar-refractivity contribution in [2.75, 3.05) is 5.43 Å². The summed E-state index contributed by atoms with van der Waals surface area (Å²) in [5.74, 6) is 0. The van der Waals surface area contributed by atoms with E-state index in [4.69, 9.17) is 5.10 Å². The zero-order valence-corrected chi connectivity index (χ0v) is 33.2. The Kier molecular flexibility index (Phi) is 8.94. The smallest absolute Gasteiger partial charge is 0.109 e. The highest BCUT2D eigenvalue weighted by Crippen LogP contribution is 2.46. The molecule has 61 heavy (non-hydrogen) atoms. The van der Waals surface area contributed by atoms with Crippen LogP contribution in [0.2, 0.25) is 0 Å². The lowest BCUT2D eigenvalue weighted by molar-refractivity contribution is 1.32. The first kappa shape index (κ1) is 35.9. The number of benzene rings is 9. The van der Waals surface area contributed by atoms with Gasteiger partial charge < -0.3 is 0 Å². The third kappa shape index (κ3) is 6.30. The first-order valence-electron chi connectivity index (χ1n) is 20.6. The summed E-state index contributed by atoms with van der Waals surface area (Å²) in [6.07, 6.45) is 7.97. The molecule has 0 bridgehead atoms. The molecular formula is C57H38N4. The summed E-state index contributed by atoms with van der Waals surface area (Å²) >= 11 is 0. The number of hydrogen-bond acceptors (Lipinski definition) is 4. The number of fused-ring (bicyclic) bond motifs is 4. The third-order valence-corrected chi connectivity index (χ3v) is 11.8. The molecule has 0 saturated heterocycles. The zero-order valence-electron chi connectivity index (χ0n) is 33.2. The molecule has 0 unspecified atom stereocenters. The Labute approximate surface area is 354 Å². The minimum absolute atomic E-state index is 0.348. The number of aromatic nitrogens is 1. The van der Waals surface area contributed by atoms with E-state index in [-0.39, 0.29) is 0 Å². The topological polar surface area (TPSA) is 61.1 Å². The van der Waals surface area contributed by atoms with Gasteiger partial charge in [-0.25, -0.2) is 0 Å². The quantitative estimate of drug-likeness (QED) is 0.0961. The Balaban J connectivity index is 1.17. The van der Waals surface area contributed by atoms with Gasteiger partial charge >= 0.3 is 0 Å². The summed E-state index contributed by atoms with van der Waals surface area (Å²) in [4.78, 5) is 4.30. The maximum absolute atomic E-state index is 10.1. The largest absolute Gasteiger partial charge is 0.298 e. The molecule has 4 heteroatoms. The molecule has 0 radical (unpaired) electrons. The van der Waals surface area contributed by atoms with Crippen LogP contribution in [-0.4, -0.2) is 16.4 Å². The highest BCUT2D eigenvalue weighted by atomic mass is 15.3. The van der Waals surface area contributed by atoms with E-state index >= 15 is 0 Å². The maximum Gasteiger partial charge on any atom is 0.109 e. The maximum atomic E-state index is 10.1. The van der Waals surface area contributed by atoms with Crippen LogP contribution in [0.15, 0.2) is 224 Å².